The van der Waals surface area contributed by atoms with Gasteiger partial charge in [-0.1, -0.05) is 31.2 Å². The highest BCUT2D eigenvalue weighted by atomic mass is 35.5. The van der Waals surface area contributed by atoms with Crippen LogP contribution in [-0.4, -0.2) is 60.4 Å². The van der Waals surface area contributed by atoms with Gasteiger partial charge in [-0.15, -0.1) is 36.2 Å². The number of thiophene rings is 1. The summed E-state index contributed by atoms with van der Waals surface area (Å²) in [5, 5.41) is 13.4. The summed E-state index contributed by atoms with van der Waals surface area (Å²) in [5.74, 6) is 1.12. The minimum Gasteiger partial charge on any atom is -0.393 e. The van der Waals surface area contributed by atoms with Crippen LogP contribution in [0.2, 0.25) is 0 Å². The van der Waals surface area contributed by atoms with Gasteiger partial charge in [-0.3, -0.25) is 0 Å². The van der Waals surface area contributed by atoms with Crippen molar-refractivity contribution in [3.63, 3.8) is 0 Å². The number of ether oxygens (including phenoxy) is 1. The zero-order valence-corrected chi connectivity index (χ0v) is 20.7. The van der Waals surface area contributed by atoms with Crippen molar-refractivity contribution in [2.75, 3.05) is 44.2 Å². The number of anilines is 1. The van der Waals surface area contributed by atoms with E-state index in [1.165, 1.54) is 10.1 Å². The molecule has 0 saturated carbocycles. The normalized spacial score (nSPS) is 21.8. The topological polar surface area (TPSA) is 48.8 Å². The van der Waals surface area contributed by atoms with E-state index in [1.54, 1.807) is 11.3 Å². The number of likely N-dealkylation sites (N-methyl/N-ethyl adjacent to an activating group) is 1. The van der Waals surface area contributed by atoms with E-state index in [2.05, 4.69) is 58.5 Å². The van der Waals surface area contributed by atoms with Crippen LogP contribution in [0, 0.1) is 0 Å². The molecule has 2 saturated heterocycles. The maximum Gasteiger partial charge on any atom is 0.147 e. The maximum absolute atomic E-state index is 9.94. The van der Waals surface area contributed by atoms with E-state index in [1.807, 2.05) is 0 Å². The average Bonchev–Trinajstić information content (AvgIpc) is 3.27. The number of hydrogen-bond acceptors (Lipinski definition) is 6. The van der Waals surface area contributed by atoms with Crippen molar-refractivity contribution in [1.82, 2.24) is 9.88 Å². The van der Waals surface area contributed by atoms with Gasteiger partial charge in [0.1, 0.15) is 5.82 Å². The number of benzene rings is 1. The highest BCUT2D eigenvalue weighted by molar-refractivity contribution is 7.17. The predicted octanol–water partition coefficient (Wildman–Crippen LogP) is 5.16. The summed E-state index contributed by atoms with van der Waals surface area (Å²) >= 11 is 1.78. The van der Waals surface area contributed by atoms with Crippen LogP contribution in [0.3, 0.4) is 0 Å². The number of rotatable bonds is 4. The van der Waals surface area contributed by atoms with Crippen LogP contribution in [0.5, 0.6) is 0 Å². The SMILES string of the molecule is CCN1CCN(c2nc(-c3ccc([C@H]4C[C@@H](O)CCO4)cc3)cc3ccsc23)CC1.Cl.Cl. The van der Waals surface area contributed by atoms with Crippen LogP contribution >= 0.6 is 36.2 Å². The first-order chi connectivity index (χ1) is 14.7. The third kappa shape index (κ3) is 5.22. The number of fused-ring (bicyclic) bond motifs is 1. The Bertz CT molecular complexity index is 1010. The van der Waals surface area contributed by atoms with Crippen LogP contribution in [0.1, 0.15) is 31.4 Å². The molecule has 2 aliphatic rings. The molecule has 2 fully saturated rings. The smallest absolute Gasteiger partial charge is 0.147 e. The molecular weight excluding hydrogens is 465 g/mol. The quantitative estimate of drug-likeness (QED) is 0.541. The first-order valence-electron chi connectivity index (χ1n) is 11.0. The van der Waals surface area contributed by atoms with Gasteiger partial charge in [0.25, 0.3) is 0 Å². The van der Waals surface area contributed by atoms with E-state index < -0.39 is 0 Å². The monoisotopic (exact) mass is 495 g/mol. The molecule has 3 aromatic rings. The van der Waals surface area contributed by atoms with E-state index in [0.717, 1.165) is 61.8 Å². The molecule has 2 aromatic heterocycles. The zero-order chi connectivity index (χ0) is 20.5. The third-order valence-corrected chi connectivity index (χ3v) is 7.30. The maximum atomic E-state index is 9.94. The number of hydrogen-bond donors (Lipinski definition) is 1. The van der Waals surface area contributed by atoms with E-state index in [-0.39, 0.29) is 37.0 Å². The second-order valence-corrected chi connectivity index (χ2v) is 9.17. The van der Waals surface area contributed by atoms with Crippen LogP contribution in [0.4, 0.5) is 5.82 Å². The molecule has 0 bridgehead atoms. The molecular formula is C24H31Cl2N3O2S. The Morgan fingerprint density at radius 3 is 2.53 bits per heavy atom. The van der Waals surface area contributed by atoms with Crippen LogP contribution in [0.15, 0.2) is 41.8 Å². The lowest BCUT2D eigenvalue weighted by molar-refractivity contribution is -0.0447. The van der Waals surface area contributed by atoms with E-state index in [4.69, 9.17) is 9.72 Å². The van der Waals surface area contributed by atoms with Gasteiger partial charge in [-0.25, -0.2) is 4.98 Å². The molecule has 2 aliphatic heterocycles. The largest absolute Gasteiger partial charge is 0.393 e. The van der Waals surface area contributed by atoms with Gasteiger partial charge in [0.15, 0.2) is 0 Å². The Balaban J connectivity index is 0.00000144. The second kappa shape index (κ2) is 11.1. The molecule has 2 atom stereocenters. The summed E-state index contributed by atoms with van der Waals surface area (Å²) in [6.45, 7) is 8.21. The van der Waals surface area contributed by atoms with Gasteiger partial charge in [0, 0.05) is 44.8 Å². The van der Waals surface area contributed by atoms with Crippen molar-refractivity contribution >= 4 is 52.1 Å². The lowest BCUT2D eigenvalue weighted by Gasteiger charge is -2.35. The highest BCUT2D eigenvalue weighted by Gasteiger charge is 2.23. The lowest BCUT2D eigenvalue weighted by Crippen LogP contribution is -2.46. The summed E-state index contributed by atoms with van der Waals surface area (Å²) < 4.78 is 7.14. The van der Waals surface area contributed by atoms with Gasteiger partial charge in [0.05, 0.1) is 22.6 Å². The zero-order valence-electron chi connectivity index (χ0n) is 18.3. The Morgan fingerprint density at radius 2 is 1.84 bits per heavy atom. The highest BCUT2D eigenvalue weighted by Crippen LogP contribution is 2.35. The first-order valence-corrected chi connectivity index (χ1v) is 11.8. The molecule has 1 aromatic carbocycles. The van der Waals surface area contributed by atoms with Gasteiger partial charge in [-0.05, 0) is 41.4 Å². The summed E-state index contributed by atoms with van der Waals surface area (Å²) in [5.41, 5.74) is 3.27. The number of halogens is 2. The number of aliphatic hydroxyl groups is 1. The fourth-order valence-electron chi connectivity index (χ4n) is 4.48. The molecule has 0 amide bonds. The molecule has 0 radical (unpaired) electrons. The van der Waals surface area contributed by atoms with Crippen molar-refractivity contribution in [3.05, 3.63) is 47.3 Å². The van der Waals surface area contributed by atoms with Gasteiger partial charge < -0.3 is 19.6 Å². The van der Waals surface area contributed by atoms with Gasteiger partial charge >= 0.3 is 0 Å². The van der Waals surface area contributed by atoms with Crippen molar-refractivity contribution in [2.24, 2.45) is 0 Å². The number of pyridine rings is 1. The Kier molecular flexibility index (Phi) is 8.78. The van der Waals surface area contributed by atoms with E-state index in [0.29, 0.717) is 13.0 Å². The Labute approximate surface area is 206 Å². The molecule has 8 heteroatoms. The van der Waals surface area contributed by atoms with Crippen molar-refractivity contribution < 1.29 is 9.84 Å². The molecule has 5 rings (SSSR count). The number of aliphatic hydroxyl groups excluding tert-OH is 1. The first kappa shape index (κ1) is 25.2. The van der Waals surface area contributed by atoms with Crippen molar-refractivity contribution in [3.8, 4) is 11.3 Å². The number of aromatic nitrogens is 1. The fraction of sp³-hybridized carbons (Fsp3) is 0.458. The average molecular weight is 497 g/mol. The van der Waals surface area contributed by atoms with E-state index >= 15 is 0 Å². The fourth-order valence-corrected chi connectivity index (χ4v) is 5.37. The Morgan fingerprint density at radius 1 is 1.09 bits per heavy atom. The standard InChI is InChI=1S/C24H29N3O2S.2ClH/c1-2-26-9-11-27(12-10-26)24-23-19(8-14-30-23)15-21(25-24)17-3-5-18(6-4-17)22-16-20(28)7-13-29-22;;/h3-6,8,14-15,20,22,28H,2,7,9-13,16H2,1H3;2*1H/t20-,22+;;/m0../s1. The molecule has 0 unspecified atom stereocenters. The summed E-state index contributed by atoms with van der Waals surface area (Å²) in [7, 11) is 0. The summed E-state index contributed by atoms with van der Waals surface area (Å²) in [6, 6.07) is 12.9. The van der Waals surface area contributed by atoms with E-state index in [9.17, 15) is 5.11 Å². The molecule has 174 valence electrons. The molecule has 0 spiro atoms. The van der Waals surface area contributed by atoms with Crippen LogP contribution in [-0.2, 0) is 4.74 Å². The number of nitrogens with zero attached hydrogens (tertiary/aromatic N) is 3. The van der Waals surface area contributed by atoms with Gasteiger partial charge in [-0.2, -0.15) is 0 Å². The summed E-state index contributed by atoms with van der Waals surface area (Å²) in [4.78, 5) is 10.1. The molecule has 0 aliphatic carbocycles. The second-order valence-electron chi connectivity index (χ2n) is 8.25. The third-order valence-electron chi connectivity index (χ3n) is 6.37. The molecule has 4 heterocycles. The van der Waals surface area contributed by atoms with Crippen molar-refractivity contribution in [1.29, 1.82) is 0 Å². The minimum atomic E-state index is -0.262. The predicted molar refractivity (Wildman–Crippen MR) is 138 cm³/mol. The molecule has 5 nitrogen and oxygen atoms in total. The van der Waals surface area contributed by atoms with Gasteiger partial charge in [0.2, 0.25) is 0 Å². The lowest BCUT2D eigenvalue weighted by atomic mass is 9.98. The number of piperazine rings is 1. The van der Waals surface area contributed by atoms with Crippen LogP contribution < -0.4 is 4.90 Å². The molecule has 1 N–H and O–H groups in total. The summed E-state index contributed by atoms with van der Waals surface area (Å²) in [6.07, 6.45) is 1.13. The van der Waals surface area contributed by atoms with Crippen molar-refractivity contribution in [2.45, 2.75) is 32.0 Å². The minimum absolute atomic E-state index is 0. The molecule has 32 heavy (non-hydrogen) atoms. The Hall–Kier alpha value is -1.41. The van der Waals surface area contributed by atoms with Crippen LogP contribution in [0.25, 0.3) is 21.3 Å².